The summed E-state index contributed by atoms with van der Waals surface area (Å²) in [5.41, 5.74) is 4.74. The summed E-state index contributed by atoms with van der Waals surface area (Å²) >= 11 is 0. The number of carbonyl (C=O) groups excluding carboxylic acids is 2. The lowest BCUT2D eigenvalue weighted by atomic mass is 10.1. The lowest BCUT2D eigenvalue weighted by molar-refractivity contribution is -0.140. The van der Waals surface area contributed by atoms with Crippen LogP contribution in [0.1, 0.15) is 23.6 Å². The number of nitrogens with zero attached hydrogens (tertiary/aromatic N) is 4. The topological polar surface area (TPSA) is 56.8 Å². The smallest absolute Gasteiger partial charge is 0.242 e. The van der Waals surface area contributed by atoms with Gasteiger partial charge in [-0.25, -0.2) is 0 Å². The van der Waals surface area contributed by atoms with Gasteiger partial charge in [-0.15, -0.1) is 0 Å². The molecule has 0 N–H and O–H groups in total. The number of pyridine rings is 1. The average molecular weight is 380 g/mol. The van der Waals surface area contributed by atoms with Crippen LogP contribution in [-0.4, -0.2) is 59.3 Å². The number of anilines is 1. The van der Waals surface area contributed by atoms with E-state index in [1.165, 1.54) is 23.7 Å². The summed E-state index contributed by atoms with van der Waals surface area (Å²) in [5.74, 6) is -0.106. The summed E-state index contributed by atoms with van der Waals surface area (Å²) in [7, 11) is 0. The molecule has 0 atom stereocenters. The molecule has 0 radical (unpaired) electrons. The van der Waals surface area contributed by atoms with Gasteiger partial charge in [0, 0.05) is 57.7 Å². The van der Waals surface area contributed by atoms with Crippen LogP contribution in [0, 0.1) is 13.8 Å². The highest BCUT2D eigenvalue weighted by Gasteiger charge is 2.24. The minimum atomic E-state index is -0.105. The summed E-state index contributed by atoms with van der Waals surface area (Å²) in [5, 5.41) is 0. The van der Waals surface area contributed by atoms with Crippen LogP contribution < -0.4 is 4.90 Å². The van der Waals surface area contributed by atoms with Crippen LogP contribution in [0.5, 0.6) is 0 Å². The molecule has 148 valence electrons. The maximum Gasteiger partial charge on any atom is 0.242 e. The minimum absolute atomic E-state index is 0.000274. The first kappa shape index (κ1) is 19.9. The number of piperazine rings is 1. The van der Waals surface area contributed by atoms with E-state index in [9.17, 15) is 9.59 Å². The molecule has 1 aromatic heterocycles. The van der Waals surface area contributed by atoms with E-state index in [2.05, 4.69) is 41.9 Å². The van der Waals surface area contributed by atoms with Gasteiger partial charge in [0.1, 0.15) is 6.54 Å². The van der Waals surface area contributed by atoms with E-state index >= 15 is 0 Å². The standard InChI is InChI=1S/C22H28N4O2/c1-17-6-4-8-21(18(17)2)24-10-12-25(13-11-24)22(28)16-26(19(3)27)15-20-7-5-9-23-14-20/h4-9,14H,10-13,15-16H2,1-3H3. The Morgan fingerprint density at radius 2 is 1.82 bits per heavy atom. The van der Waals surface area contributed by atoms with Gasteiger partial charge in [0.05, 0.1) is 0 Å². The second-order valence-electron chi connectivity index (χ2n) is 7.32. The molecule has 1 aliphatic heterocycles. The van der Waals surface area contributed by atoms with E-state index in [4.69, 9.17) is 0 Å². The van der Waals surface area contributed by atoms with Crippen molar-refractivity contribution in [2.75, 3.05) is 37.6 Å². The largest absolute Gasteiger partial charge is 0.368 e. The molecular weight excluding hydrogens is 352 g/mol. The Labute approximate surface area is 166 Å². The molecule has 2 aromatic rings. The van der Waals surface area contributed by atoms with Crippen LogP contribution in [0.15, 0.2) is 42.7 Å². The molecule has 1 fully saturated rings. The average Bonchev–Trinajstić information content (AvgIpc) is 2.70. The second kappa shape index (κ2) is 8.87. The van der Waals surface area contributed by atoms with Gasteiger partial charge in [-0.1, -0.05) is 18.2 Å². The molecule has 3 rings (SSSR count). The number of aromatic nitrogens is 1. The lowest BCUT2D eigenvalue weighted by Gasteiger charge is -2.37. The van der Waals surface area contributed by atoms with Gasteiger partial charge in [0.2, 0.25) is 11.8 Å². The Morgan fingerprint density at radius 3 is 2.46 bits per heavy atom. The summed E-state index contributed by atoms with van der Waals surface area (Å²) in [4.78, 5) is 34.6. The second-order valence-corrected chi connectivity index (χ2v) is 7.32. The predicted octanol–water partition coefficient (Wildman–Crippen LogP) is 2.40. The zero-order valence-corrected chi connectivity index (χ0v) is 16.9. The molecule has 6 heteroatoms. The third-order valence-electron chi connectivity index (χ3n) is 5.42. The fourth-order valence-corrected chi connectivity index (χ4v) is 3.53. The van der Waals surface area contributed by atoms with Crippen molar-refractivity contribution in [1.82, 2.24) is 14.8 Å². The van der Waals surface area contributed by atoms with Crippen molar-refractivity contribution in [3.63, 3.8) is 0 Å². The first-order chi connectivity index (χ1) is 13.5. The van der Waals surface area contributed by atoms with Gasteiger partial charge in [-0.05, 0) is 42.7 Å². The molecular formula is C22H28N4O2. The number of hydrogen-bond donors (Lipinski definition) is 0. The molecule has 1 aromatic carbocycles. The van der Waals surface area contributed by atoms with Gasteiger partial charge in [-0.3, -0.25) is 14.6 Å². The first-order valence-electron chi connectivity index (χ1n) is 9.69. The lowest BCUT2D eigenvalue weighted by Crippen LogP contribution is -2.51. The molecule has 28 heavy (non-hydrogen) atoms. The Morgan fingerprint density at radius 1 is 1.07 bits per heavy atom. The number of benzene rings is 1. The van der Waals surface area contributed by atoms with Gasteiger partial charge >= 0.3 is 0 Å². The fraction of sp³-hybridized carbons (Fsp3) is 0.409. The number of amides is 2. The van der Waals surface area contributed by atoms with Crippen molar-refractivity contribution in [2.45, 2.75) is 27.3 Å². The maximum atomic E-state index is 12.8. The monoisotopic (exact) mass is 380 g/mol. The van der Waals surface area contributed by atoms with Gasteiger partial charge < -0.3 is 14.7 Å². The number of carbonyl (C=O) groups is 2. The fourth-order valence-electron chi connectivity index (χ4n) is 3.53. The molecule has 0 bridgehead atoms. The highest BCUT2D eigenvalue weighted by atomic mass is 16.2. The van der Waals surface area contributed by atoms with Crippen molar-refractivity contribution in [3.05, 3.63) is 59.4 Å². The zero-order chi connectivity index (χ0) is 20.1. The quantitative estimate of drug-likeness (QED) is 0.799. The molecule has 6 nitrogen and oxygen atoms in total. The molecule has 0 saturated carbocycles. The summed E-state index contributed by atoms with van der Waals surface area (Å²) in [6.45, 7) is 9.23. The van der Waals surface area contributed by atoms with E-state index in [-0.39, 0.29) is 18.4 Å². The van der Waals surface area contributed by atoms with E-state index in [1.807, 2.05) is 17.0 Å². The molecule has 0 aliphatic carbocycles. The Balaban J connectivity index is 1.58. The van der Waals surface area contributed by atoms with Crippen LogP contribution in [0.25, 0.3) is 0 Å². The summed E-state index contributed by atoms with van der Waals surface area (Å²) in [6, 6.07) is 10.1. The Hall–Kier alpha value is -2.89. The third kappa shape index (κ3) is 4.68. The van der Waals surface area contributed by atoms with Crippen LogP contribution in [0.2, 0.25) is 0 Å². The predicted molar refractivity (Wildman–Crippen MR) is 110 cm³/mol. The van der Waals surface area contributed by atoms with Gasteiger partial charge in [-0.2, -0.15) is 0 Å². The first-order valence-corrected chi connectivity index (χ1v) is 9.69. The minimum Gasteiger partial charge on any atom is -0.368 e. The SMILES string of the molecule is CC(=O)N(CC(=O)N1CCN(c2cccc(C)c2C)CC1)Cc1cccnc1. The Bertz CT molecular complexity index is 830. The number of rotatable bonds is 5. The van der Waals surface area contributed by atoms with Crippen LogP contribution in [-0.2, 0) is 16.1 Å². The Kier molecular flexibility index (Phi) is 6.29. The number of aryl methyl sites for hydroxylation is 1. The van der Waals surface area contributed by atoms with Crippen molar-refractivity contribution in [3.8, 4) is 0 Å². The molecule has 2 amide bonds. The zero-order valence-electron chi connectivity index (χ0n) is 16.9. The highest BCUT2D eigenvalue weighted by molar-refractivity contribution is 5.84. The van der Waals surface area contributed by atoms with Crippen molar-refractivity contribution < 1.29 is 9.59 Å². The van der Waals surface area contributed by atoms with Gasteiger partial charge in [0.15, 0.2) is 0 Å². The van der Waals surface area contributed by atoms with Gasteiger partial charge in [0.25, 0.3) is 0 Å². The van der Waals surface area contributed by atoms with Crippen molar-refractivity contribution in [2.24, 2.45) is 0 Å². The molecule has 2 heterocycles. The van der Waals surface area contributed by atoms with E-state index in [0.717, 1.165) is 18.7 Å². The molecule has 0 spiro atoms. The summed E-state index contributed by atoms with van der Waals surface area (Å²) < 4.78 is 0. The van der Waals surface area contributed by atoms with E-state index in [0.29, 0.717) is 19.6 Å². The molecule has 1 aliphatic rings. The van der Waals surface area contributed by atoms with Crippen molar-refractivity contribution in [1.29, 1.82) is 0 Å². The van der Waals surface area contributed by atoms with E-state index in [1.54, 1.807) is 17.3 Å². The maximum absolute atomic E-state index is 12.8. The summed E-state index contributed by atoms with van der Waals surface area (Å²) in [6.07, 6.45) is 3.42. The van der Waals surface area contributed by atoms with Crippen molar-refractivity contribution >= 4 is 17.5 Å². The third-order valence-corrected chi connectivity index (χ3v) is 5.42. The van der Waals surface area contributed by atoms with Crippen LogP contribution in [0.4, 0.5) is 5.69 Å². The van der Waals surface area contributed by atoms with Crippen LogP contribution in [0.3, 0.4) is 0 Å². The van der Waals surface area contributed by atoms with E-state index < -0.39 is 0 Å². The number of hydrogen-bond acceptors (Lipinski definition) is 4. The highest BCUT2D eigenvalue weighted by Crippen LogP contribution is 2.23. The van der Waals surface area contributed by atoms with Crippen LogP contribution >= 0.6 is 0 Å². The normalized spacial score (nSPS) is 14.1. The molecule has 0 unspecified atom stereocenters. The molecule has 1 saturated heterocycles.